The monoisotopic (exact) mass is 1450 g/mol. The molecule has 0 aliphatic rings. The highest BCUT2D eigenvalue weighted by Gasteiger charge is 2.38. The molecular weight excluding hydrogens is 1370 g/mol. The first kappa shape index (κ1) is 69.6. The van der Waals surface area contributed by atoms with Gasteiger partial charge in [0.05, 0.1) is 0 Å². The summed E-state index contributed by atoms with van der Waals surface area (Å²) in [7, 11) is 0. The maximum absolute atomic E-state index is 2.50. The Morgan fingerprint density at radius 1 is 0.0614 bits per heavy atom. The van der Waals surface area contributed by atoms with Gasteiger partial charge in [-0.15, -0.1) is 0 Å². The van der Waals surface area contributed by atoms with Crippen molar-refractivity contribution < 1.29 is 0 Å². The van der Waals surface area contributed by atoms with Gasteiger partial charge >= 0.3 is 0 Å². The van der Waals surface area contributed by atoms with E-state index in [9.17, 15) is 0 Å². The fourth-order valence-electron chi connectivity index (χ4n) is 17.7. The summed E-state index contributed by atoms with van der Waals surface area (Å²) in [6.07, 6.45) is 0. The van der Waals surface area contributed by atoms with Gasteiger partial charge < -0.3 is 0 Å². The lowest BCUT2D eigenvalue weighted by Gasteiger charge is -2.34. The van der Waals surface area contributed by atoms with Crippen molar-refractivity contribution in [2.45, 2.75) is 0 Å². The van der Waals surface area contributed by atoms with Gasteiger partial charge in [0.1, 0.15) is 0 Å². The molecule has 19 aromatic carbocycles. The van der Waals surface area contributed by atoms with E-state index in [1.807, 2.05) is 0 Å². The van der Waals surface area contributed by atoms with E-state index in [0.29, 0.717) is 0 Å². The molecule has 114 heavy (non-hydrogen) atoms. The van der Waals surface area contributed by atoms with Gasteiger partial charge in [0.15, 0.2) is 0 Å². The van der Waals surface area contributed by atoms with E-state index in [1.165, 1.54) is 0 Å². The molecule has 0 N–H and O–H groups in total. The first-order valence-electron chi connectivity index (χ1n) is 39.4. The van der Waals surface area contributed by atoms with Crippen molar-refractivity contribution >= 4 is 0 Å². The third-order valence-corrected chi connectivity index (χ3v) is 22.3. The van der Waals surface area contributed by atoms with E-state index in [1.54, 1.807) is 0 Å². The van der Waals surface area contributed by atoms with Gasteiger partial charge in [-0.3, -0.25) is 0 Å². The van der Waals surface area contributed by atoms with Gasteiger partial charge in [-0.25, -0.2) is 0 Å². The smallest absolute Gasteiger partial charge is 0.000137 e. The van der Waals surface area contributed by atoms with Crippen molar-refractivity contribution in [1.29, 1.82) is 0 Å². The summed E-state index contributed by atoms with van der Waals surface area (Å²) in [5, 5.41) is 0. The van der Waals surface area contributed by atoms with Crippen molar-refractivity contribution in [1.82, 2.24) is 0 Å². The maximum atomic E-state index is 2.50. The van der Waals surface area contributed by atoms with E-state index in [-0.39, 0.29) is 0 Å². The molecule has 19 rings (SSSR count). The van der Waals surface area contributed by atoms with Crippen LogP contribution in [0.2, 0.25) is 0 Å². The Morgan fingerprint density at radius 3 is 0.272 bits per heavy atom. The average molecular weight is 1450 g/mol. The van der Waals surface area contributed by atoms with Gasteiger partial charge in [-0.1, -0.05) is 473 Å². The molecule has 0 aliphatic heterocycles. The first-order chi connectivity index (χ1) is 56.7. The molecule has 0 saturated carbocycles. The van der Waals surface area contributed by atoms with Crippen LogP contribution in [0.4, 0.5) is 0 Å². The summed E-state index contributed by atoms with van der Waals surface area (Å²) >= 11 is 0. The molecule has 0 heterocycles. The first-order valence-corrected chi connectivity index (χ1v) is 39.4. The van der Waals surface area contributed by atoms with Crippen molar-refractivity contribution in [3.05, 3.63) is 473 Å². The molecule has 0 spiro atoms. The highest BCUT2D eigenvalue weighted by atomic mass is 14.4. The van der Waals surface area contributed by atoms with Gasteiger partial charge in [-0.05, 0) is 200 Å². The van der Waals surface area contributed by atoms with Crippen LogP contribution in [0.3, 0.4) is 0 Å². The van der Waals surface area contributed by atoms with Crippen LogP contribution in [0.25, 0.3) is 200 Å². The molecule has 0 radical (unpaired) electrons. The minimum Gasteiger partial charge on any atom is -0.0622 e. The molecule has 0 aliphatic carbocycles. The molecule has 0 heteroatoms. The van der Waals surface area contributed by atoms with Crippen LogP contribution in [-0.4, -0.2) is 0 Å². The number of hydrogen-bond donors (Lipinski definition) is 0. The molecule has 0 amide bonds. The fraction of sp³-hybridized carbons (Fsp3) is 0. The highest BCUT2D eigenvalue weighted by Crippen LogP contribution is 2.65. The lowest BCUT2D eigenvalue weighted by Crippen LogP contribution is -2.07. The standard InChI is InChI=1S/C114H78/c1-16-47-79(48-17-1)96-99(82-53-22-4-23-54-82)105(88-65-34-10-35-66-88)112(106(89-67-36-11-37-68-89)100(96)83-55-24-5-25-56-83)94-77-46-78-95(113-107(90-69-38-12-39-70-90)101(84-57-26-6-27-58-84)97(80-49-18-2-19-50-80)102(85-59-28-7-29-60-85)108(113)91-71-40-13-41-72-91)111(94)114-109(92-73-42-14-43-74-92)103(86-61-30-8-31-62-86)98(81-51-20-3-21-52-81)104(87-63-32-9-33-64-87)110(114)93-75-44-15-45-76-93/h1-78H. The summed E-state index contributed by atoms with van der Waals surface area (Å²) in [5.74, 6) is 0. The summed E-state index contributed by atoms with van der Waals surface area (Å²) in [6, 6.07) is 176. The van der Waals surface area contributed by atoms with Gasteiger partial charge in [-0.2, -0.15) is 0 Å². The summed E-state index contributed by atoms with van der Waals surface area (Å²) < 4.78 is 0. The Bertz CT molecular complexity index is 5960. The Hall–Kier alpha value is -14.8. The molecule has 0 saturated heterocycles. The fourth-order valence-corrected chi connectivity index (χ4v) is 17.7. The van der Waals surface area contributed by atoms with Crippen molar-refractivity contribution in [3.63, 3.8) is 0 Å². The van der Waals surface area contributed by atoms with E-state index >= 15 is 0 Å². The third kappa shape index (κ3) is 13.0. The molecule has 0 unspecified atom stereocenters. The lowest BCUT2D eigenvalue weighted by molar-refractivity contribution is 1.48. The molecule has 19 aromatic rings. The molecule has 0 atom stereocenters. The quantitative estimate of drug-likeness (QED) is 0.0803. The Labute approximate surface area is 668 Å². The molecule has 0 bridgehead atoms. The minimum absolute atomic E-state index is 1.05. The summed E-state index contributed by atoms with van der Waals surface area (Å²) in [6.45, 7) is 0. The molecule has 0 fully saturated rings. The van der Waals surface area contributed by atoms with E-state index in [2.05, 4.69) is 473 Å². The van der Waals surface area contributed by atoms with Gasteiger partial charge in [0.2, 0.25) is 0 Å². The van der Waals surface area contributed by atoms with Crippen molar-refractivity contribution in [3.8, 4) is 200 Å². The Kier molecular flexibility index (Phi) is 19.3. The topological polar surface area (TPSA) is 0 Å². The predicted octanol–water partition coefficient (Wildman–Crippen LogP) is 31.7. The van der Waals surface area contributed by atoms with Gasteiger partial charge in [0, 0.05) is 0 Å². The van der Waals surface area contributed by atoms with Gasteiger partial charge in [0.25, 0.3) is 0 Å². The number of benzene rings is 19. The highest BCUT2D eigenvalue weighted by molar-refractivity contribution is 6.25. The molecule has 534 valence electrons. The van der Waals surface area contributed by atoms with Crippen LogP contribution >= 0.6 is 0 Å². The molecule has 0 nitrogen and oxygen atoms in total. The van der Waals surface area contributed by atoms with Crippen LogP contribution in [0.1, 0.15) is 0 Å². The minimum atomic E-state index is 1.05. The van der Waals surface area contributed by atoms with E-state index in [0.717, 1.165) is 200 Å². The Balaban J connectivity index is 1.19. The molecular formula is C114H78. The van der Waals surface area contributed by atoms with Crippen LogP contribution in [0.5, 0.6) is 0 Å². The van der Waals surface area contributed by atoms with E-state index < -0.39 is 0 Å². The van der Waals surface area contributed by atoms with Crippen molar-refractivity contribution in [2.75, 3.05) is 0 Å². The van der Waals surface area contributed by atoms with Crippen LogP contribution in [-0.2, 0) is 0 Å². The largest absolute Gasteiger partial charge is 0.0622 e. The predicted molar refractivity (Wildman–Crippen MR) is 484 cm³/mol. The maximum Gasteiger partial charge on any atom is -0.000137 e. The summed E-state index contributed by atoms with van der Waals surface area (Å²) in [4.78, 5) is 0. The zero-order valence-electron chi connectivity index (χ0n) is 63.0. The van der Waals surface area contributed by atoms with Crippen LogP contribution < -0.4 is 0 Å². The van der Waals surface area contributed by atoms with Crippen LogP contribution in [0, 0.1) is 0 Å². The third-order valence-electron chi connectivity index (χ3n) is 22.3. The second-order valence-corrected chi connectivity index (χ2v) is 29.0. The van der Waals surface area contributed by atoms with Crippen molar-refractivity contribution in [2.24, 2.45) is 0 Å². The number of rotatable bonds is 18. The normalized spacial score (nSPS) is 11.2. The lowest BCUT2D eigenvalue weighted by atomic mass is 9.68. The molecule has 0 aromatic heterocycles. The van der Waals surface area contributed by atoms with E-state index in [4.69, 9.17) is 0 Å². The zero-order chi connectivity index (χ0) is 75.9. The SMILES string of the molecule is c1ccc(-c2c(-c3ccccc3)c(-c3ccccc3)c(-c3cccc(-c4c(-c5ccccc5)c(-c5ccccc5)c(-c5ccccc5)c(-c5ccccc5)c4-c4ccccc4)c3-c3c(-c4ccccc4)c(-c4ccccc4)c(-c4ccccc4)c(-c4ccccc4)c3-c3ccccc3)c(-c3ccccc3)c2-c2ccccc2)cc1. The second kappa shape index (κ2) is 31.6. The zero-order valence-corrected chi connectivity index (χ0v) is 63.0. The summed E-state index contributed by atoms with van der Waals surface area (Å²) in [5.41, 5.74) is 39.5. The van der Waals surface area contributed by atoms with Crippen LogP contribution in [0.15, 0.2) is 473 Å². The Morgan fingerprint density at radius 2 is 0.158 bits per heavy atom. The second-order valence-electron chi connectivity index (χ2n) is 29.0. The number of hydrogen-bond acceptors (Lipinski definition) is 0. The average Bonchev–Trinajstić information content (AvgIpc) is 0.697.